The number of hydrogen-bond acceptors (Lipinski definition) is 5. The van der Waals surface area contributed by atoms with Gasteiger partial charge in [0.05, 0.1) is 12.4 Å². The number of carbonyl (C=O) groups is 1. The predicted octanol–water partition coefficient (Wildman–Crippen LogP) is 3.94. The zero-order valence-corrected chi connectivity index (χ0v) is 16.9. The Kier molecular flexibility index (Phi) is 5.42. The van der Waals surface area contributed by atoms with E-state index in [0.29, 0.717) is 16.7 Å². The number of nitrogens with one attached hydrogen (secondary N) is 1. The second-order valence-electron chi connectivity index (χ2n) is 7.49. The first-order chi connectivity index (χ1) is 14.4. The first-order valence-electron chi connectivity index (χ1n) is 9.88. The van der Waals surface area contributed by atoms with E-state index in [0.717, 1.165) is 27.5 Å². The van der Waals surface area contributed by atoms with Crippen molar-refractivity contribution in [3.8, 4) is 0 Å². The number of benzene rings is 2. The fraction of sp³-hybridized carbons (Fsp3) is 0.250. The Morgan fingerprint density at radius 1 is 1.10 bits per heavy atom. The van der Waals surface area contributed by atoms with Crippen LogP contribution in [-0.4, -0.2) is 17.6 Å². The number of aliphatic hydroxyl groups is 1. The lowest BCUT2D eigenvalue weighted by Crippen LogP contribution is -2.29. The van der Waals surface area contributed by atoms with Crippen LogP contribution in [0.25, 0.3) is 21.9 Å². The summed E-state index contributed by atoms with van der Waals surface area (Å²) in [7, 11) is 0. The molecule has 1 amide bonds. The van der Waals surface area contributed by atoms with Crippen molar-refractivity contribution >= 4 is 27.8 Å². The number of hydrogen-bond donors (Lipinski definition) is 2. The zero-order valence-electron chi connectivity index (χ0n) is 16.9. The Balaban J connectivity index is 1.48. The number of furan rings is 1. The van der Waals surface area contributed by atoms with E-state index >= 15 is 0 Å². The second kappa shape index (κ2) is 8.16. The molecule has 0 aliphatic carbocycles. The van der Waals surface area contributed by atoms with E-state index in [9.17, 15) is 14.7 Å². The van der Waals surface area contributed by atoms with Gasteiger partial charge in [0.1, 0.15) is 11.2 Å². The molecule has 0 saturated heterocycles. The van der Waals surface area contributed by atoms with Gasteiger partial charge in [-0.1, -0.05) is 30.3 Å². The van der Waals surface area contributed by atoms with Gasteiger partial charge in [0.15, 0.2) is 0 Å². The van der Waals surface area contributed by atoms with Crippen LogP contribution in [0, 0.1) is 13.8 Å². The van der Waals surface area contributed by atoms with E-state index in [4.69, 9.17) is 8.83 Å². The molecule has 0 aliphatic heterocycles. The molecule has 4 rings (SSSR count). The predicted molar refractivity (Wildman–Crippen MR) is 114 cm³/mol. The van der Waals surface area contributed by atoms with Gasteiger partial charge in [0.25, 0.3) is 0 Å². The van der Waals surface area contributed by atoms with Gasteiger partial charge >= 0.3 is 5.63 Å². The summed E-state index contributed by atoms with van der Waals surface area (Å²) >= 11 is 0. The highest BCUT2D eigenvalue weighted by Crippen LogP contribution is 2.29. The van der Waals surface area contributed by atoms with Gasteiger partial charge in [-0.15, -0.1) is 0 Å². The van der Waals surface area contributed by atoms with Crippen molar-refractivity contribution in [3.63, 3.8) is 0 Å². The van der Waals surface area contributed by atoms with Crippen LogP contribution in [0.4, 0.5) is 0 Å². The minimum Gasteiger partial charge on any atom is -0.464 e. The maximum atomic E-state index is 12.5. The number of carbonyl (C=O) groups excluding carboxylic acids is 1. The van der Waals surface area contributed by atoms with Gasteiger partial charge in [-0.05, 0) is 43.0 Å². The minimum atomic E-state index is -0.775. The largest absolute Gasteiger partial charge is 0.464 e. The van der Waals surface area contributed by atoms with Crippen molar-refractivity contribution in [1.82, 2.24) is 5.32 Å². The molecule has 0 fully saturated rings. The van der Waals surface area contributed by atoms with Crippen LogP contribution in [0.5, 0.6) is 0 Å². The van der Waals surface area contributed by atoms with Crippen molar-refractivity contribution in [2.24, 2.45) is 0 Å². The van der Waals surface area contributed by atoms with E-state index < -0.39 is 11.7 Å². The zero-order chi connectivity index (χ0) is 21.3. The summed E-state index contributed by atoms with van der Waals surface area (Å²) in [6.45, 7) is 3.94. The summed E-state index contributed by atoms with van der Waals surface area (Å²) in [5.41, 5.74) is 3.74. The molecule has 0 radical (unpaired) electrons. The third kappa shape index (κ3) is 3.86. The summed E-state index contributed by atoms with van der Waals surface area (Å²) in [6, 6.07) is 12.8. The highest BCUT2D eigenvalue weighted by molar-refractivity contribution is 5.96. The molecule has 6 nitrogen and oxygen atoms in total. The molecule has 2 aromatic heterocycles. The summed E-state index contributed by atoms with van der Waals surface area (Å²) < 4.78 is 11.0. The van der Waals surface area contributed by atoms with Crippen molar-refractivity contribution < 1.29 is 18.7 Å². The van der Waals surface area contributed by atoms with Crippen molar-refractivity contribution in [2.45, 2.75) is 32.8 Å². The van der Waals surface area contributed by atoms with E-state index in [1.165, 1.54) is 0 Å². The summed E-state index contributed by atoms with van der Waals surface area (Å²) in [6.07, 6.45) is 1.29. The number of aryl methyl sites for hydroxylation is 2. The number of rotatable bonds is 6. The molecule has 0 aliphatic rings. The quantitative estimate of drug-likeness (QED) is 0.474. The molecule has 2 aromatic carbocycles. The maximum Gasteiger partial charge on any atom is 0.339 e. The normalized spacial score (nSPS) is 12.4. The molecule has 0 bridgehead atoms. The smallest absolute Gasteiger partial charge is 0.339 e. The van der Waals surface area contributed by atoms with E-state index in [2.05, 4.69) is 5.32 Å². The molecule has 1 unspecified atom stereocenters. The van der Waals surface area contributed by atoms with Crippen molar-refractivity contribution in [2.75, 3.05) is 6.54 Å². The molecule has 30 heavy (non-hydrogen) atoms. The van der Waals surface area contributed by atoms with E-state index in [1.54, 1.807) is 24.5 Å². The molecule has 4 aromatic rings. The summed E-state index contributed by atoms with van der Waals surface area (Å²) in [5.74, 6) is -0.231. The lowest BCUT2D eigenvalue weighted by atomic mass is 10.0. The van der Waals surface area contributed by atoms with Crippen LogP contribution < -0.4 is 10.9 Å². The van der Waals surface area contributed by atoms with Gasteiger partial charge in [0.2, 0.25) is 5.91 Å². The average molecular weight is 405 g/mol. The Morgan fingerprint density at radius 3 is 2.63 bits per heavy atom. The van der Waals surface area contributed by atoms with Gasteiger partial charge in [-0.25, -0.2) is 4.79 Å². The van der Waals surface area contributed by atoms with E-state index in [-0.39, 0.29) is 25.3 Å². The van der Waals surface area contributed by atoms with Gasteiger partial charge in [-0.3, -0.25) is 4.79 Å². The molecule has 154 valence electrons. The average Bonchev–Trinajstić information content (AvgIpc) is 3.11. The van der Waals surface area contributed by atoms with Gasteiger partial charge < -0.3 is 19.3 Å². The molecule has 2 heterocycles. The lowest BCUT2D eigenvalue weighted by Gasteiger charge is -2.12. The highest BCUT2D eigenvalue weighted by Gasteiger charge is 2.16. The Bertz CT molecular complexity index is 1270. The van der Waals surface area contributed by atoms with Crippen LogP contribution >= 0.6 is 0 Å². The topological polar surface area (TPSA) is 92.7 Å². The van der Waals surface area contributed by atoms with Crippen LogP contribution in [-0.2, 0) is 11.2 Å². The summed E-state index contributed by atoms with van der Waals surface area (Å²) in [5, 5.41) is 14.7. The van der Waals surface area contributed by atoms with Gasteiger partial charge in [0, 0.05) is 35.4 Å². The molecular formula is C24H23NO5. The standard InChI is InChI=1S/C24H23NO5/c1-14-13-29-21-11-22-19(10-18(14)21)15(2)17(24(28)30-22)8-9-23(27)25-12-20(26)16-6-4-3-5-7-16/h3-7,10-11,13,20,26H,8-9,12H2,1-2H3,(H,25,27). The third-order valence-corrected chi connectivity index (χ3v) is 5.45. The minimum absolute atomic E-state index is 0.117. The third-order valence-electron chi connectivity index (χ3n) is 5.45. The van der Waals surface area contributed by atoms with E-state index in [1.807, 2.05) is 38.1 Å². The summed E-state index contributed by atoms with van der Waals surface area (Å²) in [4.78, 5) is 24.7. The first-order valence-corrected chi connectivity index (χ1v) is 9.88. The molecular weight excluding hydrogens is 382 g/mol. The Labute approximate surface area is 173 Å². The number of amides is 1. The Hall–Kier alpha value is -3.38. The van der Waals surface area contributed by atoms with Gasteiger partial charge in [-0.2, -0.15) is 0 Å². The molecule has 0 spiro atoms. The van der Waals surface area contributed by atoms with Crippen molar-refractivity contribution in [1.29, 1.82) is 0 Å². The highest BCUT2D eigenvalue weighted by atomic mass is 16.4. The molecule has 6 heteroatoms. The number of fused-ring (bicyclic) bond motifs is 2. The first kappa shape index (κ1) is 19.9. The lowest BCUT2D eigenvalue weighted by molar-refractivity contribution is -0.121. The number of aliphatic hydroxyl groups excluding tert-OH is 1. The fourth-order valence-electron chi connectivity index (χ4n) is 3.66. The van der Waals surface area contributed by atoms with Crippen LogP contribution in [0.2, 0.25) is 0 Å². The van der Waals surface area contributed by atoms with Crippen LogP contribution in [0.3, 0.4) is 0 Å². The SMILES string of the molecule is Cc1coc2cc3oc(=O)c(CCC(=O)NCC(O)c4ccccc4)c(C)c3cc12. The second-order valence-corrected chi connectivity index (χ2v) is 7.49. The van der Waals surface area contributed by atoms with Crippen LogP contribution in [0.1, 0.15) is 34.8 Å². The molecule has 2 N–H and O–H groups in total. The molecule has 1 atom stereocenters. The van der Waals surface area contributed by atoms with Crippen LogP contribution in [0.15, 0.2) is 62.4 Å². The maximum absolute atomic E-state index is 12.5. The monoisotopic (exact) mass is 405 g/mol. The molecule has 0 saturated carbocycles. The fourth-order valence-corrected chi connectivity index (χ4v) is 3.66. The Morgan fingerprint density at radius 2 is 1.87 bits per heavy atom. The van der Waals surface area contributed by atoms with Crippen molar-refractivity contribution in [3.05, 3.63) is 81.4 Å².